The van der Waals surface area contributed by atoms with Crippen molar-refractivity contribution in [3.05, 3.63) is 35.9 Å². The zero-order chi connectivity index (χ0) is 16.1. The number of thioether (sulfide) groups is 2. The molecular formula is C16H19N3OS3. The fourth-order valence-corrected chi connectivity index (χ4v) is 5.31. The minimum atomic E-state index is -0.239. The highest BCUT2D eigenvalue weighted by Crippen LogP contribution is 2.39. The van der Waals surface area contributed by atoms with Crippen molar-refractivity contribution < 1.29 is 4.79 Å². The number of hydrogen-bond acceptors (Lipinski definition) is 6. The summed E-state index contributed by atoms with van der Waals surface area (Å²) >= 11 is 4.66. The van der Waals surface area contributed by atoms with Crippen molar-refractivity contribution in [3.63, 3.8) is 0 Å². The van der Waals surface area contributed by atoms with E-state index in [1.807, 2.05) is 41.5 Å². The fraction of sp³-hybridized carbons (Fsp3) is 0.438. The number of aromatic nitrogens is 2. The highest BCUT2D eigenvalue weighted by Gasteiger charge is 2.29. The first-order valence-electron chi connectivity index (χ1n) is 7.66. The Bertz CT molecular complexity index is 641. The lowest BCUT2D eigenvalue weighted by Gasteiger charge is -2.30. The zero-order valence-electron chi connectivity index (χ0n) is 13.0. The van der Waals surface area contributed by atoms with Gasteiger partial charge >= 0.3 is 0 Å². The molecule has 0 saturated carbocycles. The Morgan fingerprint density at radius 3 is 2.48 bits per heavy atom. The number of carbonyl (C=O) groups is 1. The summed E-state index contributed by atoms with van der Waals surface area (Å²) < 4.78 is 1.79. The third-order valence-electron chi connectivity index (χ3n) is 3.78. The van der Waals surface area contributed by atoms with Gasteiger partial charge in [-0.25, -0.2) is 0 Å². The van der Waals surface area contributed by atoms with Gasteiger partial charge in [-0.15, -0.1) is 10.2 Å². The van der Waals surface area contributed by atoms with Crippen LogP contribution in [0, 0.1) is 0 Å². The average molecular weight is 366 g/mol. The van der Waals surface area contributed by atoms with E-state index in [0.717, 1.165) is 40.2 Å². The van der Waals surface area contributed by atoms with Crippen LogP contribution in [0.2, 0.25) is 0 Å². The van der Waals surface area contributed by atoms with Crippen LogP contribution in [-0.2, 0) is 4.79 Å². The van der Waals surface area contributed by atoms with Crippen molar-refractivity contribution in [1.29, 1.82) is 0 Å². The number of nitrogens with zero attached hydrogens (tertiary/aromatic N) is 3. The highest BCUT2D eigenvalue weighted by molar-refractivity contribution is 8.03. The summed E-state index contributed by atoms with van der Waals surface area (Å²) in [6, 6.07) is 10.00. The van der Waals surface area contributed by atoms with Crippen LogP contribution in [0.15, 0.2) is 39.0 Å². The Balaban J connectivity index is 1.82. The second-order valence-corrected chi connectivity index (χ2v) is 8.72. The third-order valence-corrected chi connectivity index (χ3v) is 7.00. The van der Waals surface area contributed by atoms with Crippen LogP contribution in [0.1, 0.15) is 30.1 Å². The van der Waals surface area contributed by atoms with Crippen LogP contribution in [0.4, 0.5) is 0 Å². The molecule has 1 saturated heterocycles. The second-order valence-electron chi connectivity index (χ2n) is 5.33. The number of hydrogen-bond donors (Lipinski definition) is 0. The van der Waals surface area contributed by atoms with Crippen molar-refractivity contribution in [1.82, 2.24) is 15.1 Å². The molecule has 1 fully saturated rings. The summed E-state index contributed by atoms with van der Waals surface area (Å²) in [5, 5.41) is 8.12. The van der Waals surface area contributed by atoms with Crippen molar-refractivity contribution in [2.75, 3.05) is 19.3 Å². The lowest BCUT2D eigenvalue weighted by Crippen LogP contribution is -2.38. The normalized spacial score (nSPS) is 16.3. The molecule has 3 rings (SSSR count). The summed E-state index contributed by atoms with van der Waals surface area (Å²) in [6.07, 6.45) is 5.42. The molecule has 0 radical (unpaired) electrons. The molecule has 0 spiro atoms. The Morgan fingerprint density at radius 2 is 1.83 bits per heavy atom. The molecule has 4 nitrogen and oxygen atoms in total. The van der Waals surface area contributed by atoms with Gasteiger partial charge in [0.2, 0.25) is 5.91 Å². The van der Waals surface area contributed by atoms with Crippen molar-refractivity contribution in [2.45, 2.75) is 33.2 Å². The minimum Gasteiger partial charge on any atom is -0.341 e. The quantitative estimate of drug-likeness (QED) is 0.746. The Kier molecular flexibility index (Phi) is 5.96. The summed E-state index contributed by atoms with van der Waals surface area (Å²) in [6.45, 7) is 1.74. The van der Waals surface area contributed by atoms with Gasteiger partial charge in [0.25, 0.3) is 0 Å². The van der Waals surface area contributed by atoms with Gasteiger partial charge in [0.1, 0.15) is 5.25 Å². The highest BCUT2D eigenvalue weighted by atomic mass is 32.2. The van der Waals surface area contributed by atoms with Gasteiger partial charge in [0.15, 0.2) is 8.68 Å². The summed E-state index contributed by atoms with van der Waals surface area (Å²) in [7, 11) is 0. The SMILES string of the molecule is CSc1nnc(S[C@H](C(=O)N2CCCCC2)c2ccccc2)s1. The van der Waals surface area contributed by atoms with Crippen LogP contribution in [-0.4, -0.2) is 40.3 Å². The molecular weight excluding hydrogens is 346 g/mol. The average Bonchev–Trinajstić information content (AvgIpc) is 3.08. The van der Waals surface area contributed by atoms with E-state index in [2.05, 4.69) is 10.2 Å². The Hall–Kier alpha value is -1.05. The molecule has 23 heavy (non-hydrogen) atoms. The molecule has 1 aliphatic heterocycles. The predicted molar refractivity (Wildman–Crippen MR) is 97.2 cm³/mol. The molecule has 2 aromatic rings. The number of rotatable bonds is 5. The lowest BCUT2D eigenvalue weighted by atomic mass is 10.1. The van der Waals surface area contributed by atoms with Gasteiger partial charge in [-0.2, -0.15) is 0 Å². The summed E-state index contributed by atoms with van der Waals surface area (Å²) in [5.74, 6) is 0.196. The Labute approximate surface area is 149 Å². The molecule has 2 heterocycles. The first-order chi connectivity index (χ1) is 11.3. The number of carbonyl (C=O) groups excluding carboxylic acids is 1. The molecule has 1 aromatic heterocycles. The summed E-state index contributed by atoms with van der Waals surface area (Å²) in [4.78, 5) is 15.0. The second kappa shape index (κ2) is 8.17. The van der Waals surface area contributed by atoms with Crippen LogP contribution >= 0.6 is 34.9 Å². The molecule has 0 N–H and O–H groups in total. The van der Waals surface area contributed by atoms with Crippen molar-refractivity contribution in [2.24, 2.45) is 0 Å². The van der Waals surface area contributed by atoms with Crippen molar-refractivity contribution >= 4 is 40.8 Å². The maximum Gasteiger partial charge on any atom is 0.240 e. The van der Waals surface area contributed by atoms with Crippen LogP contribution < -0.4 is 0 Å². The van der Waals surface area contributed by atoms with Gasteiger partial charge in [-0.05, 0) is 31.1 Å². The van der Waals surface area contributed by atoms with Gasteiger partial charge < -0.3 is 4.90 Å². The Morgan fingerprint density at radius 1 is 1.13 bits per heavy atom. The lowest BCUT2D eigenvalue weighted by molar-refractivity contribution is -0.131. The van der Waals surface area contributed by atoms with Gasteiger partial charge in [-0.3, -0.25) is 4.79 Å². The molecule has 1 atom stereocenters. The standard InChI is InChI=1S/C16H19N3OS3/c1-21-15-17-18-16(23-15)22-13(12-8-4-2-5-9-12)14(20)19-10-6-3-7-11-19/h2,4-5,8-9,13H,3,6-7,10-11H2,1H3/t13-/m0/s1. The maximum atomic E-state index is 13.0. The van der Waals surface area contributed by atoms with E-state index < -0.39 is 0 Å². The first kappa shape index (κ1) is 16.8. The molecule has 0 unspecified atom stereocenters. The minimum absolute atomic E-state index is 0.196. The van der Waals surface area contributed by atoms with Gasteiger partial charge in [-0.1, -0.05) is 65.2 Å². The zero-order valence-corrected chi connectivity index (χ0v) is 15.4. The molecule has 122 valence electrons. The van der Waals surface area contributed by atoms with Crippen LogP contribution in [0.25, 0.3) is 0 Å². The maximum absolute atomic E-state index is 13.0. The third kappa shape index (κ3) is 4.28. The number of piperidine rings is 1. The van der Waals surface area contributed by atoms with E-state index >= 15 is 0 Å². The molecule has 7 heteroatoms. The first-order valence-corrected chi connectivity index (χ1v) is 10.6. The molecule has 1 aliphatic rings. The van der Waals surface area contributed by atoms with E-state index in [1.165, 1.54) is 18.2 Å². The number of benzene rings is 1. The van der Waals surface area contributed by atoms with E-state index in [-0.39, 0.29) is 11.2 Å². The molecule has 1 aromatic carbocycles. The number of likely N-dealkylation sites (tertiary alicyclic amines) is 1. The largest absolute Gasteiger partial charge is 0.341 e. The van der Waals surface area contributed by atoms with Crippen LogP contribution in [0.3, 0.4) is 0 Å². The van der Waals surface area contributed by atoms with E-state index in [4.69, 9.17) is 0 Å². The van der Waals surface area contributed by atoms with Gasteiger partial charge in [0.05, 0.1) is 0 Å². The molecule has 0 aliphatic carbocycles. The molecule has 0 bridgehead atoms. The predicted octanol–water partition coefficient (Wildman–Crippen LogP) is 4.11. The smallest absolute Gasteiger partial charge is 0.240 e. The number of amides is 1. The van der Waals surface area contributed by atoms with Crippen LogP contribution in [0.5, 0.6) is 0 Å². The van der Waals surface area contributed by atoms with Gasteiger partial charge in [0, 0.05) is 13.1 Å². The van der Waals surface area contributed by atoms with E-state index in [9.17, 15) is 4.79 Å². The van der Waals surface area contributed by atoms with E-state index in [1.54, 1.807) is 23.1 Å². The fourth-order valence-electron chi connectivity index (χ4n) is 2.60. The summed E-state index contributed by atoms with van der Waals surface area (Å²) in [5.41, 5.74) is 1.04. The van der Waals surface area contributed by atoms with E-state index in [0.29, 0.717) is 0 Å². The molecule has 1 amide bonds. The van der Waals surface area contributed by atoms with Crippen molar-refractivity contribution in [3.8, 4) is 0 Å². The monoisotopic (exact) mass is 365 g/mol. The topological polar surface area (TPSA) is 46.1 Å².